The minimum Gasteiger partial charge on any atom is -0.479 e. The Balaban J connectivity index is 0.000000274. The number of hydrogen-bond donors (Lipinski definition) is 4. The summed E-state index contributed by atoms with van der Waals surface area (Å²) in [4.78, 5) is 26.0. The van der Waals surface area contributed by atoms with Gasteiger partial charge in [0.05, 0.1) is 6.54 Å². The third kappa shape index (κ3) is 7.10. The fourth-order valence-corrected chi connectivity index (χ4v) is 3.90. The van der Waals surface area contributed by atoms with Gasteiger partial charge in [0, 0.05) is 16.6 Å². The first-order chi connectivity index (χ1) is 14.3. The van der Waals surface area contributed by atoms with E-state index >= 15 is 0 Å². The summed E-state index contributed by atoms with van der Waals surface area (Å²) in [5.74, 6) is -3.54. The Labute approximate surface area is 179 Å². The number of piperidine rings is 1. The molecule has 1 aromatic carbocycles. The molecule has 1 aliphatic heterocycles. The zero-order chi connectivity index (χ0) is 22.1. The van der Waals surface area contributed by atoms with Crippen LogP contribution in [0.3, 0.4) is 0 Å². The number of aliphatic hydroxyl groups excluding tert-OH is 2. The predicted molar refractivity (Wildman–Crippen MR) is 115 cm³/mol. The van der Waals surface area contributed by atoms with Crippen molar-refractivity contribution in [3.63, 3.8) is 0 Å². The van der Waals surface area contributed by atoms with E-state index in [0.717, 1.165) is 6.54 Å². The van der Waals surface area contributed by atoms with Crippen molar-refractivity contribution in [3.8, 4) is 0 Å². The van der Waals surface area contributed by atoms with Gasteiger partial charge in [0.25, 0.3) is 0 Å². The van der Waals surface area contributed by atoms with E-state index < -0.39 is 24.1 Å². The van der Waals surface area contributed by atoms with Crippen molar-refractivity contribution in [2.24, 2.45) is 0 Å². The molecule has 30 heavy (non-hydrogen) atoms. The first kappa shape index (κ1) is 23.8. The normalized spacial score (nSPS) is 16.8. The molecular weight excluding hydrogens is 408 g/mol. The molecule has 2 heterocycles. The highest BCUT2D eigenvalue weighted by molar-refractivity contribution is 7.09. The van der Waals surface area contributed by atoms with Crippen LogP contribution in [0.4, 0.5) is 5.69 Å². The maximum absolute atomic E-state index is 9.77. The molecule has 1 aromatic heterocycles. The number of hydrogen-bond acceptors (Lipinski definition) is 7. The largest absolute Gasteiger partial charge is 0.479 e. The molecule has 1 saturated heterocycles. The molecule has 1 fully saturated rings. The zero-order valence-corrected chi connectivity index (χ0v) is 17.6. The van der Waals surface area contributed by atoms with Gasteiger partial charge in [-0.3, -0.25) is 0 Å². The van der Waals surface area contributed by atoms with E-state index in [-0.39, 0.29) is 0 Å². The van der Waals surface area contributed by atoms with Crippen molar-refractivity contribution in [1.29, 1.82) is 0 Å². The van der Waals surface area contributed by atoms with Crippen LogP contribution in [0.15, 0.2) is 47.8 Å². The molecule has 2 atom stereocenters. The molecule has 0 saturated carbocycles. The van der Waals surface area contributed by atoms with Gasteiger partial charge in [-0.1, -0.05) is 24.3 Å². The fourth-order valence-electron chi connectivity index (χ4n) is 3.20. The van der Waals surface area contributed by atoms with Gasteiger partial charge in [0.1, 0.15) is 0 Å². The van der Waals surface area contributed by atoms with Crippen LogP contribution in [-0.4, -0.2) is 75.7 Å². The second-order valence-corrected chi connectivity index (χ2v) is 8.18. The molecule has 2 aromatic rings. The maximum Gasteiger partial charge on any atom is 0.335 e. The van der Waals surface area contributed by atoms with Crippen molar-refractivity contribution < 1.29 is 30.0 Å². The van der Waals surface area contributed by atoms with Crippen LogP contribution in [0, 0.1) is 0 Å². The van der Waals surface area contributed by atoms with Gasteiger partial charge < -0.3 is 30.2 Å². The van der Waals surface area contributed by atoms with E-state index in [1.165, 1.54) is 36.5 Å². The molecule has 0 aliphatic carbocycles. The lowest BCUT2D eigenvalue weighted by atomic mass is 10.0. The standard InChI is InChI=1S/C17H22N2S.C4H6O6/c1-18-11-9-16(10-12-18)19(14-17-8-5-13-20-17)15-6-3-2-4-7-15;5-1(3(7)8)2(6)4(9)10/h2-8,13,16H,9-12,14H2,1H3;1-2,5-6H,(H,7,8)(H,9,10). The summed E-state index contributed by atoms with van der Waals surface area (Å²) in [5.41, 5.74) is 1.36. The smallest absolute Gasteiger partial charge is 0.335 e. The van der Waals surface area contributed by atoms with E-state index in [1.807, 2.05) is 11.3 Å². The summed E-state index contributed by atoms with van der Waals surface area (Å²) in [5, 5.41) is 34.7. The Hall–Kier alpha value is -2.46. The minimum absolute atomic E-state index is 0.663. The van der Waals surface area contributed by atoms with Gasteiger partial charge in [0.2, 0.25) is 0 Å². The van der Waals surface area contributed by atoms with E-state index in [2.05, 4.69) is 64.7 Å². The number of para-hydroxylation sites is 1. The molecule has 8 nitrogen and oxygen atoms in total. The molecule has 1 aliphatic rings. The van der Waals surface area contributed by atoms with Crippen LogP contribution in [0.25, 0.3) is 0 Å². The third-order valence-corrected chi connectivity index (χ3v) is 5.79. The van der Waals surface area contributed by atoms with Crippen molar-refractivity contribution in [3.05, 3.63) is 52.7 Å². The Kier molecular flexibility index (Phi) is 9.25. The highest BCUT2D eigenvalue weighted by atomic mass is 32.1. The monoisotopic (exact) mass is 436 g/mol. The van der Waals surface area contributed by atoms with E-state index in [9.17, 15) is 9.59 Å². The van der Waals surface area contributed by atoms with Crippen molar-refractivity contribution in [2.75, 3.05) is 25.0 Å². The van der Waals surface area contributed by atoms with Gasteiger partial charge in [-0.05, 0) is 56.6 Å². The molecule has 0 amide bonds. The number of anilines is 1. The summed E-state index contributed by atoms with van der Waals surface area (Å²) < 4.78 is 0. The number of carboxylic acids is 2. The number of aliphatic carboxylic acids is 2. The lowest BCUT2D eigenvalue weighted by Gasteiger charge is -2.38. The van der Waals surface area contributed by atoms with Crippen molar-refractivity contribution in [1.82, 2.24) is 4.90 Å². The number of likely N-dealkylation sites (tertiary alicyclic amines) is 1. The molecule has 9 heteroatoms. The number of nitrogens with zero attached hydrogens (tertiary/aromatic N) is 2. The lowest BCUT2D eigenvalue weighted by molar-refractivity contribution is -0.165. The molecule has 2 unspecified atom stereocenters. The minimum atomic E-state index is -2.27. The van der Waals surface area contributed by atoms with E-state index in [1.54, 1.807) is 0 Å². The second-order valence-electron chi connectivity index (χ2n) is 7.14. The summed E-state index contributed by atoms with van der Waals surface area (Å²) >= 11 is 1.86. The zero-order valence-electron chi connectivity index (χ0n) is 16.8. The summed E-state index contributed by atoms with van der Waals surface area (Å²) in [6.45, 7) is 3.45. The highest BCUT2D eigenvalue weighted by Crippen LogP contribution is 2.26. The maximum atomic E-state index is 9.77. The van der Waals surface area contributed by atoms with Crippen LogP contribution in [0.5, 0.6) is 0 Å². The van der Waals surface area contributed by atoms with E-state index in [4.69, 9.17) is 20.4 Å². The molecule has 0 spiro atoms. The van der Waals surface area contributed by atoms with Crippen LogP contribution in [0.1, 0.15) is 17.7 Å². The number of thiophene rings is 1. The predicted octanol–water partition coefficient (Wildman–Crippen LogP) is 1.73. The van der Waals surface area contributed by atoms with Crippen molar-refractivity contribution in [2.45, 2.75) is 37.6 Å². The van der Waals surface area contributed by atoms with Gasteiger partial charge in [-0.2, -0.15) is 0 Å². The van der Waals surface area contributed by atoms with Crippen molar-refractivity contribution >= 4 is 29.0 Å². The second kappa shape index (κ2) is 11.7. The van der Waals surface area contributed by atoms with Gasteiger partial charge in [0.15, 0.2) is 12.2 Å². The van der Waals surface area contributed by atoms with Gasteiger partial charge in [-0.25, -0.2) is 9.59 Å². The highest BCUT2D eigenvalue weighted by Gasteiger charge is 2.29. The van der Waals surface area contributed by atoms with Crippen LogP contribution in [0.2, 0.25) is 0 Å². The number of benzene rings is 1. The number of carboxylic acid groups (broad SMARTS) is 2. The quantitative estimate of drug-likeness (QED) is 0.518. The first-order valence-electron chi connectivity index (χ1n) is 9.64. The lowest BCUT2D eigenvalue weighted by Crippen LogP contribution is -2.43. The first-order valence-corrected chi connectivity index (χ1v) is 10.5. The van der Waals surface area contributed by atoms with Gasteiger partial charge >= 0.3 is 11.9 Å². The SMILES string of the molecule is CN1CCC(N(Cc2cccs2)c2ccccc2)CC1.O=C(O)C(O)C(O)C(=O)O. The Bertz CT molecular complexity index is 760. The Morgan fingerprint density at radius 3 is 2.07 bits per heavy atom. The average Bonchev–Trinajstić information content (AvgIpc) is 3.26. The average molecular weight is 437 g/mol. The molecule has 0 bridgehead atoms. The van der Waals surface area contributed by atoms with Crippen LogP contribution >= 0.6 is 11.3 Å². The molecule has 4 N–H and O–H groups in total. The Morgan fingerprint density at radius 1 is 1.03 bits per heavy atom. The molecule has 164 valence electrons. The van der Waals surface area contributed by atoms with Gasteiger partial charge in [-0.15, -0.1) is 11.3 Å². The fraction of sp³-hybridized carbons (Fsp3) is 0.429. The number of aliphatic hydroxyl groups is 2. The van der Waals surface area contributed by atoms with Crippen LogP contribution in [-0.2, 0) is 16.1 Å². The summed E-state index contributed by atoms with van der Waals surface area (Å²) in [7, 11) is 2.22. The van der Waals surface area contributed by atoms with Crippen LogP contribution < -0.4 is 4.90 Å². The Morgan fingerprint density at radius 2 is 1.60 bits per heavy atom. The number of rotatable bonds is 7. The molecule has 3 rings (SSSR count). The summed E-state index contributed by atoms with van der Waals surface area (Å²) in [6.07, 6.45) is -2.01. The topological polar surface area (TPSA) is 122 Å². The third-order valence-electron chi connectivity index (χ3n) is 4.93. The number of carbonyl (C=O) groups is 2. The summed E-state index contributed by atoms with van der Waals surface area (Å²) in [6, 6.07) is 15.9. The molecular formula is C21H28N2O6S. The van der Waals surface area contributed by atoms with E-state index in [0.29, 0.717) is 6.04 Å². The molecule has 0 radical (unpaired) electrons.